The molecule has 1 aromatic rings. The zero-order valence-corrected chi connectivity index (χ0v) is 8.30. The lowest BCUT2D eigenvalue weighted by molar-refractivity contribution is 0.484. The largest absolute Gasteiger partial charge is 0.314 e. The van der Waals surface area contributed by atoms with E-state index in [0.29, 0.717) is 6.04 Å². The lowest BCUT2D eigenvalue weighted by Crippen LogP contribution is -2.23. The molecule has 1 N–H and O–H groups in total. The first kappa shape index (κ1) is 9.66. The lowest BCUT2D eigenvalue weighted by atomic mass is 10.0. The topological polar surface area (TPSA) is 12.0 Å². The number of rotatable bonds is 3. The molecule has 1 heterocycles. The van der Waals surface area contributed by atoms with Gasteiger partial charge in [0.2, 0.25) is 0 Å². The van der Waals surface area contributed by atoms with Gasteiger partial charge in [-0.1, -0.05) is 24.3 Å². The van der Waals surface area contributed by atoms with Crippen molar-refractivity contribution in [1.82, 2.24) is 5.32 Å². The Morgan fingerprint density at radius 2 is 2.21 bits per heavy atom. The van der Waals surface area contributed by atoms with Crippen LogP contribution in [0.2, 0.25) is 0 Å². The Hall–Kier alpha value is -0.890. The highest BCUT2D eigenvalue weighted by Crippen LogP contribution is 2.13. The molecule has 1 aliphatic heterocycles. The minimum absolute atomic E-state index is 0.355. The molecular weight excluding hydrogens is 177 g/mol. The van der Waals surface area contributed by atoms with E-state index in [1.165, 1.54) is 18.4 Å². The molecule has 1 unspecified atom stereocenters. The van der Waals surface area contributed by atoms with Gasteiger partial charge in [-0.15, -0.1) is 0 Å². The van der Waals surface area contributed by atoms with E-state index in [4.69, 9.17) is 0 Å². The molecular formula is C12H16FN. The first-order valence-electron chi connectivity index (χ1n) is 5.25. The fraction of sp³-hybridized carbons (Fsp3) is 0.500. The van der Waals surface area contributed by atoms with Gasteiger partial charge in [0.1, 0.15) is 6.67 Å². The zero-order valence-electron chi connectivity index (χ0n) is 8.30. The molecule has 2 heteroatoms. The van der Waals surface area contributed by atoms with E-state index in [9.17, 15) is 4.39 Å². The Kier molecular flexibility index (Phi) is 3.14. The Morgan fingerprint density at radius 3 is 2.93 bits per heavy atom. The zero-order chi connectivity index (χ0) is 9.80. The van der Waals surface area contributed by atoms with Gasteiger partial charge in [-0.05, 0) is 36.9 Å². The number of hydrogen-bond acceptors (Lipinski definition) is 1. The maximum atomic E-state index is 12.4. The summed E-state index contributed by atoms with van der Waals surface area (Å²) in [6.07, 6.45) is 3.56. The molecule has 1 atom stereocenters. The average Bonchev–Trinajstić information content (AvgIpc) is 2.71. The summed E-state index contributed by atoms with van der Waals surface area (Å²) in [5.41, 5.74) is 2.04. The van der Waals surface area contributed by atoms with Crippen LogP contribution in [-0.4, -0.2) is 12.6 Å². The second kappa shape index (κ2) is 4.56. The summed E-state index contributed by atoms with van der Waals surface area (Å²) in [5.74, 6) is 0. The molecule has 1 aliphatic rings. The van der Waals surface area contributed by atoms with Crippen LogP contribution in [-0.2, 0) is 13.1 Å². The average molecular weight is 193 g/mol. The fourth-order valence-electron chi connectivity index (χ4n) is 2.06. The highest BCUT2D eigenvalue weighted by molar-refractivity contribution is 5.23. The van der Waals surface area contributed by atoms with Crippen molar-refractivity contribution in [2.24, 2.45) is 0 Å². The SMILES string of the molecule is FCc1cccc(CC2CCCN2)c1. The Labute approximate surface area is 84.3 Å². The minimum atomic E-state index is -0.355. The molecule has 1 aromatic carbocycles. The Bertz CT molecular complexity index is 292. The molecule has 1 saturated heterocycles. The van der Waals surface area contributed by atoms with Gasteiger partial charge >= 0.3 is 0 Å². The van der Waals surface area contributed by atoms with Crippen molar-refractivity contribution < 1.29 is 4.39 Å². The molecule has 14 heavy (non-hydrogen) atoms. The summed E-state index contributed by atoms with van der Waals surface area (Å²) in [4.78, 5) is 0. The van der Waals surface area contributed by atoms with Crippen LogP contribution in [0.3, 0.4) is 0 Å². The highest BCUT2D eigenvalue weighted by atomic mass is 19.1. The van der Waals surface area contributed by atoms with Crippen LogP contribution in [0, 0.1) is 0 Å². The van der Waals surface area contributed by atoms with Crippen molar-refractivity contribution in [3.05, 3.63) is 35.4 Å². The summed E-state index contributed by atoms with van der Waals surface area (Å²) < 4.78 is 12.4. The number of benzene rings is 1. The predicted octanol–water partition coefficient (Wildman–Crippen LogP) is 2.45. The van der Waals surface area contributed by atoms with E-state index in [0.717, 1.165) is 18.5 Å². The second-order valence-corrected chi connectivity index (χ2v) is 3.95. The maximum absolute atomic E-state index is 12.4. The van der Waals surface area contributed by atoms with Crippen molar-refractivity contribution in [1.29, 1.82) is 0 Å². The van der Waals surface area contributed by atoms with E-state index in [2.05, 4.69) is 11.4 Å². The van der Waals surface area contributed by atoms with Crippen LogP contribution in [0.15, 0.2) is 24.3 Å². The minimum Gasteiger partial charge on any atom is -0.314 e. The fourth-order valence-corrected chi connectivity index (χ4v) is 2.06. The Morgan fingerprint density at radius 1 is 1.36 bits per heavy atom. The van der Waals surface area contributed by atoms with E-state index in [1.54, 1.807) is 0 Å². The molecule has 2 rings (SSSR count). The number of halogens is 1. The van der Waals surface area contributed by atoms with Crippen molar-refractivity contribution in [3.63, 3.8) is 0 Å². The van der Waals surface area contributed by atoms with Gasteiger partial charge in [0.05, 0.1) is 0 Å². The van der Waals surface area contributed by atoms with Gasteiger partial charge in [0.15, 0.2) is 0 Å². The van der Waals surface area contributed by atoms with Gasteiger partial charge in [-0.2, -0.15) is 0 Å². The van der Waals surface area contributed by atoms with Crippen molar-refractivity contribution in [2.45, 2.75) is 32.0 Å². The van der Waals surface area contributed by atoms with Crippen LogP contribution >= 0.6 is 0 Å². The third-order valence-electron chi connectivity index (χ3n) is 2.79. The molecule has 0 saturated carbocycles. The first-order chi connectivity index (χ1) is 6.88. The molecule has 76 valence electrons. The molecule has 0 radical (unpaired) electrons. The number of alkyl halides is 1. The smallest absolute Gasteiger partial charge is 0.115 e. The number of hydrogen-bond donors (Lipinski definition) is 1. The molecule has 0 aromatic heterocycles. The molecule has 0 spiro atoms. The second-order valence-electron chi connectivity index (χ2n) is 3.95. The quantitative estimate of drug-likeness (QED) is 0.777. The number of nitrogens with one attached hydrogen (secondary N) is 1. The first-order valence-corrected chi connectivity index (χ1v) is 5.25. The molecule has 1 nitrogen and oxygen atoms in total. The van der Waals surface area contributed by atoms with Crippen molar-refractivity contribution in [3.8, 4) is 0 Å². The van der Waals surface area contributed by atoms with Gasteiger partial charge in [-0.25, -0.2) is 4.39 Å². The van der Waals surface area contributed by atoms with Crippen LogP contribution in [0.1, 0.15) is 24.0 Å². The van der Waals surface area contributed by atoms with Gasteiger partial charge < -0.3 is 5.32 Å². The summed E-state index contributed by atoms with van der Waals surface area (Å²) in [6, 6.07) is 8.44. The van der Waals surface area contributed by atoms with Crippen LogP contribution in [0.25, 0.3) is 0 Å². The van der Waals surface area contributed by atoms with Gasteiger partial charge in [0.25, 0.3) is 0 Å². The summed E-state index contributed by atoms with van der Waals surface area (Å²) >= 11 is 0. The van der Waals surface area contributed by atoms with Crippen molar-refractivity contribution in [2.75, 3.05) is 6.54 Å². The van der Waals surface area contributed by atoms with Gasteiger partial charge in [-0.3, -0.25) is 0 Å². The van der Waals surface area contributed by atoms with Crippen LogP contribution in [0.4, 0.5) is 4.39 Å². The van der Waals surface area contributed by atoms with Crippen LogP contribution in [0.5, 0.6) is 0 Å². The molecule has 0 aliphatic carbocycles. The van der Waals surface area contributed by atoms with E-state index < -0.39 is 0 Å². The highest BCUT2D eigenvalue weighted by Gasteiger charge is 2.14. The Balaban J connectivity index is 2.00. The molecule has 1 fully saturated rings. The van der Waals surface area contributed by atoms with E-state index in [1.807, 2.05) is 18.2 Å². The molecule has 0 amide bonds. The molecule has 0 bridgehead atoms. The van der Waals surface area contributed by atoms with Crippen LogP contribution < -0.4 is 5.32 Å². The third-order valence-corrected chi connectivity index (χ3v) is 2.79. The summed E-state index contributed by atoms with van der Waals surface area (Å²) in [5, 5.41) is 3.45. The lowest BCUT2D eigenvalue weighted by Gasteiger charge is -2.10. The predicted molar refractivity (Wildman–Crippen MR) is 56.0 cm³/mol. The van der Waals surface area contributed by atoms with Gasteiger partial charge in [0, 0.05) is 6.04 Å². The standard InChI is InChI=1S/C12H16FN/c13-9-11-4-1-3-10(7-11)8-12-5-2-6-14-12/h1,3-4,7,12,14H,2,5-6,8-9H2. The summed E-state index contributed by atoms with van der Waals surface area (Å²) in [6.45, 7) is 0.777. The van der Waals surface area contributed by atoms with Crippen molar-refractivity contribution >= 4 is 0 Å². The summed E-state index contributed by atoms with van der Waals surface area (Å²) in [7, 11) is 0. The maximum Gasteiger partial charge on any atom is 0.115 e. The van der Waals surface area contributed by atoms with E-state index in [-0.39, 0.29) is 6.67 Å². The third kappa shape index (κ3) is 2.32. The van der Waals surface area contributed by atoms with E-state index >= 15 is 0 Å². The monoisotopic (exact) mass is 193 g/mol. The normalized spacial score (nSPS) is 21.4.